The highest BCUT2D eigenvalue weighted by molar-refractivity contribution is 5.95. The molecule has 1 saturated heterocycles. The average molecular weight is 414 g/mol. The van der Waals surface area contributed by atoms with Gasteiger partial charge >= 0.3 is 6.18 Å². The van der Waals surface area contributed by atoms with Crippen LogP contribution in [0, 0.1) is 11.7 Å². The Morgan fingerprint density at radius 2 is 2.14 bits per heavy atom. The molecule has 0 bridgehead atoms. The smallest absolute Gasteiger partial charge is 0.368 e. The molecule has 1 aromatic carbocycles. The number of nitrogens with zero attached hydrogens (tertiary/aromatic N) is 2. The summed E-state index contributed by atoms with van der Waals surface area (Å²) >= 11 is 0. The van der Waals surface area contributed by atoms with Crippen LogP contribution in [0.15, 0.2) is 30.5 Å². The van der Waals surface area contributed by atoms with Crippen molar-refractivity contribution in [1.82, 2.24) is 15.3 Å². The quantitative estimate of drug-likeness (QED) is 0.652. The van der Waals surface area contributed by atoms with Crippen molar-refractivity contribution in [2.45, 2.75) is 25.3 Å². The van der Waals surface area contributed by atoms with Crippen LogP contribution in [0.25, 0.3) is 0 Å². The van der Waals surface area contributed by atoms with Gasteiger partial charge in [0.05, 0.1) is 12.2 Å². The third-order valence-electron chi connectivity index (χ3n) is 4.31. The molecule has 3 rings (SSSR count). The molecule has 1 aliphatic rings. The van der Waals surface area contributed by atoms with Crippen LogP contribution in [0.5, 0.6) is 0 Å². The van der Waals surface area contributed by atoms with Crippen molar-refractivity contribution < 1.29 is 32.2 Å². The summed E-state index contributed by atoms with van der Waals surface area (Å²) in [5.74, 6) is -2.10. The van der Waals surface area contributed by atoms with Crippen LogP contribution in [-0.2, 0) is 10.9 Å². The second kappa shape index (κ2) is 8.70. The predicted octanol–water partition coefficient (Wildman–Crippen LogP) is 2.85. The summed E-state index contributed by atoms with van der Waals surface area (Å²) in [6.45, 7) is 0.388. The van der Waals surface area contributed by atoms with Gasteiger partial charge in [-0.1, -0.05) is 6.07 Å². The highest BCUT2D eigenvalue weighted by Crippen LogP contribution is 2.31. The number of hydrogen-bond donors (Lipinski definition) is 3. The summed E-state index contributed by atoms with van der Waals surface area (Å²) in [6.07, 6.45) is -4.24. The van der Waals surface area contributed by atoms with Crippen molar-refractivity contribution in [2.24, 2.45) is 5.92 Å². The van der Waals surface area contributed by atoms with Crippen molar-refractivity contribution in [3.05, 3.63) is 47.5 Å². The lowest BCUT2D eigenvalue weighted by Crippen LogP contribution is -2.36. The number of alkyl halides is 3. The first-order valence-electron chi connectivity index (χ1n) is 8.77. The van der Waals surface area contributed by atoms with Crippen molar-refractivity contribution in [1.29, 1.82) is 0 Å². The maximum absolute atomic E-state index is 13.4. The number of amides is 1. The molecule has 156 valence electrons. The van der Waals surface area contributed by atoms with E-state index < -0.39 is 41.4 Å². The molecule has 0 saturated carbocycles. The van der Waals surface area contributed by atoms with Crippen LogP contribution in [0.3, 0.4) is 0 Å². The van der Waals surface area contributed by atoms with Gasteiger partial charge in [-0.15, -0.1) is 0 Å². The Bertz CT molecular complexity index is 878. The Morgan fingerprint density at radius 1 is 1.34 bits per heavy atom. The van der Waals surface area contributed by atoms with Crippen LogP contribution in [0.1, 0.15) is 28.9 Å². The van der Waals surface area contributed by atoms with Crippen LogP contribution in [0.2, 0.25) is 0 Å². The number of benzene rings is 1. The van der Waals surface area contributed by atoms with Gasteiger partial charge < -0.3 is 20.5 Å². The summed E-state index contributed by atoms with van der Waals surface area (Å²) < 4.78 is 58.5. The predicted molar refractivity (Wildman–Crippen MR) is 93.7 cm³/mol. The summed E-state index contributed by atoms with van der Waals surface area (Å²) in [7, 11) is 0. The third-order valence-corrected chi connectivity index (χ3v) is 4.31. The minimum absolute atomic E-state index is 0.0832. The molecule has 11 heteroatoms. The van der Waals surface area contributed by atoms with Crippen LogP contribution >= 0.6 is 0 Å². The standard InChI is InChI=1S/C18H18F4N4O3/c19-11-2-1-3-12(7-11)25-17-24-9-13(15(26-17)18(20,21)22)16(28)23-8-10-4-5-29-14(27)6-10/h1-3,7,9-10,14,27H,4-6,8H2,(H,23,28)(H,24,25,26). The van der Waals surface area contributed by atoms with Gasteiger partial charge in [0.2, 0.25) is 5.95 Å². The fraction of sp³-hybridized carbons (Fsp3) is 0.389. The summed E-state index contributed by atoms with van der Waals surface area (Å²) in [6, 6.07) is 5.05. The first kappa shape index (κ1) is 20.9. The van der Waals surface area contributed by atoms with Crippen LogP contribution in [-0.4, -0.2) is 40.4 Å². The fourth-order valence-electron chi connectivity index (χ4n) is 2.88. The molecule has 2 unspecified atom stereocenters. The molecule has 2 aromatic rings. The molecule has 1 amide bonds. The second-order valence-corrected chi connectivity index (χ2v) is 6.51. The summed E-state index contributed by atoms with van der Waals surface area (Å²) in [5, 5.41) is 14.3. The number of ether oxygens (including phenoxy) is 1. The van der Waals surface area contributed by atoms with E-state index >= 15 is 0 Å². The summed E-state index contributed by atoms with van der Waals surface area (Å²) in [5.41, 5.74) is -1.97. The number of hydrogen-bond acceptors (Lipinski definition) is 6. The molecule has 1 fully saturated rings. The molecule has 1 aromatic heterocycles. The Labute approximate surface area is 163 Å². The van der Waals surface area contributed by atoms with Gasteiger partial charge in [-0.05, 0) is 30.5 Å². The highest BCUT2D eigenvalue weighted by atomic mass is 19.4. The van der Waals surface area contributed by atoms with E-state index in [1.807, 2.05) is 0 Å². The van der Waals surface area contributed by atoms with E-state index in [0.29, 0.717) is 13.0 Å². The monoisotopic (exact) mass is 414 g/mol. The normalized spacial score (nSPS) is 19.6. The maximum Gasteiger partial charge on any atom is 0.434 e. The number of nitrogens with one attached hydrogen (secondary N) is 2. The first-order chi connectivity index (χ1) is 13.7. The van der Waals surface area contributed by atoms with Crippen molar-refractivity contribution in [3.63, 3.8) is 0 Å². The second-order valence-electron chi connectivity index (χ2n) is 6.51. The molecule has 2 atom stereocenters. The Morgan fingerprint density at radius 3 is 2.83 bits per heavy atom. The number of aliphatic hydroxyl groups excluding tert-OH is 1. The minimum Gasteiger partial charge on any atom is -0.368 e. The molecule has 0 spiro atoms. The lowest BCUT2D eigenvalue weighted by Gasteiger charge is -2.26. The van der Waals surface area contributed by atoms with Crippen LogP contribution < -0.4 is 10.6 Å². The number of aromatic nitrogens is 2. The number of halogens is 4. The zero-order chi connectivity index (χ0) is 21.0. The van der Waals surface area contributed by atoms with E-state index in [9.17, 15) is 27.5 Å². The van der Waals surface area contributed by atoms with E-state index in [-0.39, 0.29) is 24.6 Å². The van der Waals surface area contributed by atoms with Gasteiger partial charge in [-0.2, -0.15) is 13.2 Å². The number of aliphatic hydroxyl groups is 1. The van der Waals surface area contributed by atoms with Gasteiger partial charge in [0.15, 0.2) is 12.0 Å². The zero-order valence-electron chi connectivity index (χ0n) is 15.0. The number of rotatable bonds is 5. The fourth-order valence-corrected chi connectivity index (χ4v) is 2.88. The average Bonchev–Trinajstić information content (AvgIpc) is 2.65. The van der Waals surface area contributed by atoms with E-state index in [2.05, 4.69) is 20.6 Å². The highest BCUT2D eigenvalue weighted by Gasteiger charge is 2.38. The molecule has 0 radical (unpaired) electrons. The number of anilines is 2. The van der Waals surface area contributed by atoms with Gasteiger partial charge in [-0.3, -0.25) is 4.79 Å². The molecule has 0 aliphatic carbocycles. The van der Waals surface area contributed by atoms with Gasteiger partial charge in [-0.25, -0.2) is 14.4 Å². The largest absolute Gasteiger partial charge is 0.434 e. The topological polar surface area (TPSA) is 96.4 Å². The summed E-state index contributed by atoms with van der Waals surface area (Å²) in [4.78, 5) is 19.4. The third kappa shape index (κ3) is 5.61. The van der Waals surface area contributed by atoms with Gasteiger partial charge in [0.25, 0.3) is 5.91 Å². The van der Waals surface area contributed by atoms with E-state index in [0.717, 1.165) is 12.3 Å². The Hall–Kier alpha value is -2.79. The first-order valence-corrected chi connectivity index (χ1v) is 8.77. The molecular weight excluding hydrogens is 396 g/mol. The molecule has 7 nitrogen and oxygen atoms in total. The maximum atomic E-state index is 13.4. The van der Waals surface area contributed by atoms with Crippen molar-refractivity contribution in [2.75, 3.05) is 18.5 Å². The number of carbonyl (C=O) groups excluding carboxylic acids is 1. The molecule has 29 heavy (non-hydrogen) atoms. The van der Waals surface area contributed by atoms with Crippen molar-refractivity contribution >= 4 is 17.5 Å². The molecule has 2 heterocycles. The van der Waals surface area contributed by atoms with E-state index in [1.54, 1.807) is 0 Å². The zero-order valence-corrected chi connectivity index (χ0v) is 15.0. The van der Waals surface area contributed by atoms with Gasteiger partial charge in [0, 0.05) is 24.8 Å². The lowest BCUT2D eigenvalue weighted by molar-refractivity contribution is -0.141. The molecule has 1 aliphatic heterocycles. The Balaban J connectivity index is 1.76. The minimum atomic E-state index is -4.90. The van der Waals surface area contributed by atoms with Crippen molar-refractivity contribution in [3.8, 4) is 0 Å². The number of carbonyl (C=O) groups is 1. The Kier molecular flexibility index (Phi) is 6.28. The SMILES string of the molecule is O=C(NCC1CCOC(O)C1)c1cnc(Nc2cccc(F)c2)nc1C(F)(F)F. The van der Waals surface area contributed by atoms with Crippen LogP contribution in [0.4, 0.5) is 29.2 Å². The van der Waals surface area contributed by atoms with Gasteiger partial charge in [0.1, 0.15) is 5.82 Å². The molecule has 3 N–H and O–H groups in total. The molecular formula is C18H18F4N4O3. The van der Waals surface area contributed by atoms with E-state index in [1.165, 1.54) is 18.2 Å². The van der Waals surface area contributed by atoms with E-state index in [4.69, 9.17) is 4.74 Å². The lowest BCUT2D eigenvalue weighted by atomic mass is 9.99.